The van der Waals surface area contributed by atoms with Gasteiger partial charge in [-0.2, -0.15) is 0 Å². The summed E-state index contributed by atoms with van der Waals surface area (Å²) in [5.74, 6) is 1.05. The van der Waals surface area contributed by atoms with E-state index in [2.05, 4.69) is 5.32 Å². The maximum atomic E-state index is 13.8. The quantitative estimate of drug-likeness (QED) is 0.391. The third kappa shape index (κ3) is 5.73. The van der Waals surface area contributed by atoms with Crippen molar-refractivity contribution < 1.29 is 19.1 Å². The van der Waals surface area contributed by atoms with Gasteiger partial charge in [0.25, 0.3) is 0 Å². The van der Waals surface area contributed by atoms with E-state index in [-0.39, 0.29) is 24.8 Å². The van der Waals surface area contributed by atoms with Crippen molar-refractivity contribution in [3.05, 3.63) is 81.9 Å². The topological polar surface area (TPSA) is 71.1 Å². The number of rotatable bonds is 9. The molecule has 0 aromatic heterocycles. The summed E-state index contributed by atoms with van der Waals surface area (Å²) in [7, 11) is 5.56. The van der Waals surface area contributed by atoms with Crippen LogP contribution in [0.1, 0.15) is 48.6 Å². The number of nitrogens with one attached hydrogen (secondary N) is 1. The van der Waals surface area contributed by atoms with Gasteiger partial charge in [-0.05, 0) is 77.2 Å². The Morgan fingerprint density at radius 2 is 1.82 bits per heavy atom. The zero-order valence-electron chi connectivity index (χ0n) is 22.5. The molecule has 1 unspecified atom stereocenters. The summed E-state index contributed by atoms with van der Waals surface area (Å²) < 4.78 is 11.7. The van der Waals surface area contributed by atoms with Crippen molar-refractivity contribution in [3.63, 3.8) is 0 Å². The second-order valence-corrected chi connectivity index (χ2v) is 9.99. The van der Waals surface area contributed by atoms with E-state index < -0.39 is 6.04 Å². The highest BCUT2D eigenvalue weighted by Gasteiger charge is 2.37. The van der Waals surface area contributed by atoms with Crippen LogP contribution >= 0.6 is 11.6 Å². The third-order valence-corrected chi connectivity index (χ3v) is 6.86. The predicted octanol–water partition coefficient (Wildman–Crippen LogP) is 5.52. The van der Waals surface area contributed by atoms with Gasteiger partial charge in [0.05, 0.1) is 26.2 Å². The summed E-state index contributed by atoms with van der Waals surface area (Å²) in [5, 5.41) is 3.44. The largest absolute Gasteiger partial charge is 0.493 e. The number of halogens is 1. The fourth-order valence-corrected chi connectivity index (χ4v) is 4.96. The van der Waals surface area contributed by atoms with E-state index in [1.165, 1.54) is 6.92 Å². The van der Waals surface area contributed by atoms with Crippen molar-refractivity contribution in [1.29, 1.82) is 0 Å². The zero-order chi connectivity index (χ0) is 27.4. The molecule has 7 nitrogen and oxygen atoms in total. The lowest BCUT2D eigenvalue weighted by atomic mass is 9.85. The lowest BCUT2D eigenvalue weighted by molar-refractivity contribution is -0.119. The van der Waals surface area contributed by atoms with E-state index in [1.807, 2.05) is 85.4 Å². The Morgan fingerprint density at radius 3 is 2.45 bits per heavy atom. The Kier molecular flexibility index (Phi) is 8.47. The minimum absolute atomic E-state index is 0.0372. The summed E-state index contributed by atoms with van der Waals surface area (Å²) in [4.78, 5) is 29.4. The molecular weight excluding hydrogens is 502 g/mol. The number of anilines is 2. The normalized spacial score (nSPS) is 14.6. The van der Waals surface area contributed by atoms with Crippen LogP contribution < -0.4 is 24.6 Å². The molecular formula is C30H34ClN3O4. The van der Waals surface area contributed by atoms with Gasteiger partial charge in [-0.1, -0.05) is 24.6 Å². The number of nitrogens with zero attached hydrogens (tertiary/aromatic N) is 2. The van der Waals surface area contributed by atoms with Gasteiger partial charge in [-0.3, -0.25) is 9.59 Å². The maximum absolute atomic E-state index is 13.8. The summed E-state index contributed by atoms with van der Waals surface area (Å²) >= 11 is 6.39. The summed E-state index contributed by atoms with van der Waals surface area (Å²) in [6, 6.07) is 16.9. The molecule has 1 aliphatic heterocycles. The van der Waals surface area contributed by atoms with Crippen molar-refractivity contribution in [2.45, 2.75) is 39.3 Å². The number of carbonyl (C=O) groups excluding carboxylic acids is 2. The van der Waals surface area contributed by atoms with E-state index in [4.69, 9.17) is 21.1 Å². The molecule has 3 aromatic rings. The average molecular weight is 536 g/mol. The Bertz CT molecular complexity index is 1320. The van der Waals surface area contributed by atoms with Crippen molar-refractivity contribution in [2.24, 2.45) is 0 Å². The van der Waals surface area contributed by atoms with E-state index in [0.717, 1.165) is 40.0 Å². The van der Waals surface area contributed by atoms with E-state index in [9.17, 15) is 9.59 Å². The first-order valence-corrected chi connectivity index (χ1v) is 13.1. The molecule has 3 aromatic carbocycles. The molecule has 1 atom stereocenters. The predicted molar refractivity (Wildman–Crippen MR) is 152 cm³/mol. The molecule has 2 amide bonds. The molecule has 4 rings (SSSR count). The first kappa shape index (κ1) is 27.3. The van der Waals surface area contributed by atoms with Gasteiger partial charge in [0.1, 0.15) is 0 Å². The van der Waals surface area contributed by atoms with E-state index >= 15 is 0 Å². The number of ether oxygens (including phenoxy) is 2. The minimum Gasteiger partial charge on any atom is -0.493 e. The summed E-state index contributed by atoms with van der Waals surface area (Å²) in [6.45, 7) is 4.36. The highest BCUT2D eigenvalue weighted by molar-refractivity contribution is 6.30. The molecule has 0 saturated heterocycles. The average Bonchev–Trinajstić information content (AvgIpc) is 2.89. The summed E-state index contributed by atoms with van der Waals surface area (Å²) in [5.41, 5.74) is 5.35. The molecule has 0 aliphatic carbocycles. The van der Waals surface area contributed by atoms with Gasteiger partial charge < -0.3 is 24.6 Å². The molecule has 0 bridgehead atoms. The number of amides is 2. The van der Waals surface area contributed by atoms with Crippen LogP contribution in [0.3, 0.4) is 0 Å². The van der Waals surface area contributed by atoms with Gasteiger partial charge in [0.2, 0.25) is 11.8 Å². The van der Waals surface area contributed by atoms with Crippen LogP contribution in [0.5, 0.6) is 11.5 Å². The van der Waals surface area contributed by atoms with E-state index in [0.29, 0.717) is 23.1 Å². The highest BCUT2D eigenvalue weighted by atomic mass is 35.5. The van der Waals surface area contributed by atoms with Gasteiger partial charge in [-0.25, -0.2) is 0 Å². The van der Waals surface area contributed by atoms with Crippen LogP contribution in [0.15, 0.2) is 54.6 Å². The number of hydrogen-bond donors (Lipinski definition) is 1. The molecule has 200 valence electrons. The van der Waals surface area contributed by atoms with Crippen LogP contribution in [0.4, 0.5) is 11.4 Å². The Hall–Kier alpha value is -3.71. The van der Waals surface area contributed by atoms with Gasteiger partial charge in [0, 0.05) is 44.0 Å². The second kappa shape index (κ2) is 11.8. The number of methoxy groups -OCH3 is 1. The molecule has 1 aliphatic rings. The molecule has 0 radical (unpaired) electrons. The smallest absolute Gasteiger partial charge is 0.232 e. The molecule has 1 heterocycles. The van der Waals surface area contributed by atoms with Gasteiger partial charge in [-0.15, -0.1) is 0 Å². The molecule has 0 fully saturated rings. The van der Waals surface area contributed by atoms with Crippen LogP contribution in [-0.2, 0) is 22.6 Å². The van der Waals surface area contributed by atoms with Crippen LogP contribution in [0, 0.1) is 0 Å². The van der Waals surface area contributed by atoms with Crippen molar-refractivity contribution in [1.82, 2.24) is 5.32 Å². The monoisotopic (exact) mass is 535 g/mol. The van der Waals surface area contributed by atoms with Gasteiger partial charge >= 0.3 is 0 Å². The first-order valence-electron chi connectivity index (χ1n) is 12.7. The third-order valence-electron chi connectivity index (χ3n) is 6.62. The molecule has 8 heteroatoms. The Morgan fingerprint density at radius 1 is 1.08 bits per heavy atom. The number of hydrogen-bond acceptors (Lipinski definition) is 5. The molecule has 1 N–H and O–H groups in total. The Balaban J connectivity index is 1.94. The van der Waals surface area contributed by atoms with Crippen molar-refractivity contribution >= 4 is 34.8 Å². The summed E-state index contributed by atoms with van der Waals surface area (Å²) in [6.07, 6.45) is 1.07. The fraction of sp³-hybridized carbons (Fsp3) is 0.333. The molecule has 0 spiro atoms. The fourth-order valence-electron chi connectivity index (χ4n) is 4.77. The minimum atomic E-state index is -0.465. The Labute approximate surface area is 229 Å². The van der Waals surface area contributed by atoms with Gasteiger partial charge in [0.15, 0.2) is 11.5 Å². The number of benzene rings is 3. The maximum Gasteiger partial charge on any atom is 0.232 e. The first-order chi connectivity index (χ1) is 18.2. The lowest BCUT2D eigenvalue weighted by Crippen LogP contribution is -2.41. The number of carbonyl (C=O) groups is 2. The molecule has 38 heavy (non-hydrogen) atoms. The van der Waals surface area contributed by atoms with Crippen molar-refractivity contribution in [3.8, 4) is 11.5 Å². The van der Waals surface area contributed by atoms with Crippen molar-refractivity contribution in [2.75, 3.05) is 37.6 Å². The lowest BCUT2D eigenvalue weighted by Gasteiger charge is -2.39. The zero-order valence-corrected chi connectivity index (χ0v) is 23.3. The van der Waals surface area contributed by atoms with Crippen LogP contribution in [0.2, 0.25) is 5.02 Å². The van der Waals surface area contributed by atoms with E-state index in [1.54, 1.807) is 7.11 Å². The second-order valence-electron chi connectivity index (χ2n) is 9.56. The SMILES string of the molecule is CCCOc1cc2c(cc1OC)CC(=O)N(c1ccc(N(C)C)cc1)C2c1ccc(Cl)cc1CNC(C)=O. The highest BCUT2D eigenvalue weighted by Crippen LogP contribution is 2.44. The number of fused-ring (bicyclic) bond motifs is 1. The van der Waals surface area contributed by atoms with Crippen LogP contribution in [-0.4, -0.2) is 39.6 Å². The van der Waals surface area contributed by atoms with Crippen LogP contribution in [0.25, 0.3) is 0 Å². The molecule has 0 saturated carbocycles. The standard InChI is InChI=1S/C30H34ClN3O4/c1-6-13-38-28-17-26-20(15-27(28)37-5)16-29(36)34(24-10-8-23(9-11-24)33(3)4)30(26)25-12-7-22(31)14-21(25)18-32-19(2)35/h7-12,14-15,17,30H,6,13,16,18H2,1-5H3,(H,32,35).